The molecule has 0 radical (unpaired) electrons. The van der Waals surface area contributed by atoms with Crippen LogP contribution in [0.4, 0.5) is 0 Å². The van der Waals surface area contributed by atoms with E-state index in [1.54, 1.807) is 7.11 Å². The molecule has 4 aromatic rings. The molecule has 25 heavy (non-hydrogen) atoms. The van der Waals surface area contributed by atoms with Gasteiger partial charge in [0.2, 0.25) is 5.78 Å². The highest BCUT2D eigenvalue weighted by molar-refractivity contribution is 6.17. The first-order valence-electron chi connectivity index (χ1n) is 7.91. The number of imidazole rings is 2. The van der Waals surface area contributed by atoms with E-state index >= 15 is 0 Å². The zero-order valence-electron chi connectivity index (χ0n) is 14.1. The standard InChI is InChI=1S/C19H18ClN3O.ClH/c1-13-18(14-7-9-15(24-2)10-8-14)22(12-11-20)19-21-16-5-3-4-6-17(16)23(13)19;/h3-10H,11-12H2,1-2H3;1H. The number of fused-ring (bicyclic) bond motifs is 3. The van der Waals surface area contributed by atoms with Crippen LogP contribution in [0.5, 0.6) is 5.75 Å². The van der Waals surface area contributed by atoms with Gasteiger partial charge in [-0.05, 0) is 43.3 Å². The van der Waals surface area contributed by atoms with Crippen LogP contribution in [-0.4, -0.2) is 26.9 Å². The van der Waals surface area contributed by atoms with Gasteiger partial charge in [-0.25, -0.2) is 4.98 Å². The van der Waals surface area contributed by atoms with Gasteiger partial charge in [-0.15, -0.1) is 24.0 Å². The summed E-state index contributed by atoms with van der Waals surface area (Å²) in [5.74, 6) is 2.32. The van der Waals surface area contributed by atoms with Crippen LogP contribution in [-0.2, 0) is 6.54 Å². The Hall–Kier alpha value is -2.17. The topological polar surface area (TPSA) is 31.5 Å². The van der Waals surface area contributed by atoms with Crippen molar-refractivity contribution in [2.45, 2.75) is 13.5 Å². The van der Waals surface area contributed by atoms with Crippen molar-refractivity contribution >= 4 is 40.8 Å². The van der Waals surface area contributed by atoms with Crippen molar-refractivity contribution in [3.8, 4) is 17.0 Å². The number of halogens is 2. The third-order valence-electron chi connectivity index (χ3n) is 4.40. The molecule has 0 atom stereocenters. The van der Waals surface area contributed by atoms with Gasteiger partial charge in [-0.2, -0.15) is 0 Å². The summed E-state index contributed by atoms with van der Waals surface area (Å²) >= 11 is 6.07. The van der Waals surface area contributed by atoms with E-state index in [4.69, 9.17) is 21.3 Å². The molecule has 4 nitrogen and oxygen atoms in total. The van der Waals surface area contributed by atoms with Crippen molar-refractivity contribution < 1.29 is 4.74 Å². The monoisotopic (exact) mass is 375 g/mol. The molecule has 0 aliphatic rings. The summed E-state index contributed by atoms with van der Waals surface area (Å²) in [6, 6.07) is 16.3. The van der Waals surface area contributed by atoms with E-state index in [1.807, 2.05) is 30.3 Å². The number of benzene rings is 2. The van der Waals surface area contributed by atoms with Crippen molar-refractivity contribution in [3.05, 3.63) is 54.2 Å². The van der Waals surface area contributed by atoms with Crippen LogP contribution in [0.25, 0.3) is 28.1 Å². The van der Waals surface area contributed by atoms with Gasteiger partial charge in [0, 0.05) is 23.7 Å². The summed E-state index contributed by atoms with van der Waals surface area (Å²) in [5, 5.41) is 0. The Morgan fingerprint density at radius 1 is 1.08 bits per heavy atom. The second kappa shape index (κ2) is 6.98. The molecule has 0 aliphatic carbocycles. The third kappa shape index (κ3) is 2.75. The maximum Gasteiger partial charge on any atom is 0.215 e. The normalized spacial score (nSPS) is 11.0. The molecule has 0 saturated carbocycles. The van der Waals surface area contributed by atoms with Crippen LogP contribution in [0.3, 0.4) is 0 Å². The molecule has 0 N–H and O–H groups in total. The van der Waals surface area contributed by atoms with E-state index in [9.17, 15) is 0 Å². The van der Waals surface area contributed by atoms with Gasteiger partial charge >= 0.3 is 0 Å². The number of nitrogens with zero attached hydrogens (tertiary/aromatic N) is 3. The average Bonchev–Trinajstić information content (AvgIpc) is 3.12. The van der Waals surface area contributed by atoms with Crippen LogP contribution < -0.4 is 4.74 Å². The van der Waals surface area contributed by atoms with E-state index < -0.39 is 0 Å². The second-order valence-electron chi connectivity index (χ2n) is 5.74. The molecule has 0 amide bonds. The van der Waals surface area contributed by atoms with Crippen LogP contribution in [0.15, 0.2) is 48.5 Å². The van der Waals surface area contributed by atoms with E-state index in [0.29, 0.717) is 12.4 Å². The predicted molar refractivity (Wildman–Crippen MR) is 105 cm³/mol. The quantitative estimate of drug-likeness (QED) is 0.473. The van der Waals surface area contributed by atoms with Gasteiger partial charge in [0.05, 0.1) is 23.8 Å². The Morgan fingerprint density at radius 2 is 1.80 bits per heavy atom. The van der Waals surface area contributed by atoms with E-state index in [2.05, 4.69) is 34.1 Å². The molecule has 4 rings (SSSR count). The smallest absolute Gasteiger partial charge is 0.215 e. The van der Waals surface area contributed by atoms with Gasteiger partial charge in [-0.3, -0.25) is 4.40 Å². The Labute approximate surface area is 157 Å². The number of ether oxygens (including phenoxy) is 1. The number of rotatable bonds is 4. The average molecular weight is 376 g/mol. The van der Waals surface area contributed by atoms with E-state index in [1.165, 1.54) is 0 Å². The van der Waals surface area contributed by atoms with Crippen LogP contribution in [0.2, 0.25) is 0 Å². The molecule has 0 bridgehead atoms. The summed E-state index contributed by atoms with van der Waals surface area (Å²) in [7, 11) is 1.68. The number of hydrogen-bond donors (Lipinski definition) is 0. The first-order chi connectivity index (χ1) is 11.7. The SMILES string of the molecule is COc1ccc(-c2c(C)n3c4ccccc4nc3n2CCCl)cc1.Cl. The van der Waals surface area contributed by atoms with Crippen molar-refractivity contribution in [3.63, 3.8) is 0 Å². The highest BCUT2D eigenvalue weighted by Gasteiger charge is 2.19. The summed E-state index contributed by atoms with van der Waals surface area (Å²) in [6.07, 6.45) is 0. The predicted octanol–water partition coefficient (Wildman–Crippen LogP) is 4.93. The first-order valence-corrected chi connectivity index (χ1v) is 8.44. The summed E-state index contributed by atoms with van der Waals surface area (Å²) in [6.45, 7) is 2.84. The second-order valence-corrected chi connectivity index (χ2v) is 6.12. The molecule has 2 aromatic carbocycles. The number of hydrogen-bond acceptors (Lipinski definition) is 2. The zero-order chi connectivity index (χ0) is 16.7. The molecular weight excluding hydrogens is 357 g/mol. The fourth-order valence-electron chi connectivity index (χ4n) is 3.34. The third-order valence-corrected chi connectivity index (χ3v) is 4.57. The van der Waals surface area contributed by atoms with Crippen molar-refractivity contribution in [2.75, 3.05) is 13.0 Å². The van der Waals surface area contributed by atoms with Gasteiger partial charge in [0.25, 0.3) is 0 Å². The van der Waals surface area contributed by atoms with Gasteiger partial charge < -0.3 is 9.30 Å². The number of methoxy groups -OCH3 is 1. The minimum absolute atomic E-state index is 0. The zero-order valence-corrected chi connectivity index (χ0v) is 15.6. The Kier molecular flexibility index (Phi) is 4.93. The molecule has 0 spiro atoms. The maximum absolute atomic E-state index is 6.07. The molecule has 2 heterocycles. The lowest BCUT2D eigenvalue weighted by Gasteiger charge is -2.09. The molecule has 0 saturated heterocycles. The molecule has 6 heteroatoms. The van der Waals surface area contributed by atoms with Gasteiger partial charge in [0.15, 0.2) is 0 Å². The molecule has 0 fully saturated rings. The van der Waals surface area contributed by atoms with E-state index in [-0.39, 0.29) is 12.4 Å². The van der Waals surface area contributed by atoms with Gasteiger partial charge in [-0.1, -0.05) is 12.1 Å². The molecule has 0 unspecified atom stereocenters. The Balaban J connectivity index is 0.00000182. The number of aromatic nitrogens is 3. The Morgan fingerprint density at radius 3 is 2.48 bits per heavy atom. The summed E-state index contributed by atoms with van der Waals surface area (Å²) < 4.78 is 9.68. The molecule has 2 aromatic heterocycles. The van der Waals surface area contributed by atoms with Crippen LogP contribution in [0, 0.1) is 6.92 Å². The fraction of sp³-hybridized carbons (Fsp3) is 0.211. The molecular formula is C19H19Cl2N3O. The minimum Gasteiger partial charge on any atom is -0.497 e. The summed E-state index contributed by atoms with van der Waals surface area (Å²) in [4.78, 5) is 4.82. The van der Waals surface area contributed by atoms with E-state index in [0.717, 1.165) is 39.5 Å². The summed E-state index contributed by atoms with van der Waals surface area (Å²) in [5.41, 5.74) is 5.56. The largest absolute Gasteiger partial charge is 0.497 e. The number of para-hydroxylation sites is 2. The number of alkyl halides is 1. The van der Waals surface area contributed by atoms with Crippen molar-refractivity contribution in [1.29, 1.82) is 0 Å². The van der Waals surface area contributed by atoms with Crippen LogP contribution in [0.1, 0.15) is 5.69 Å². The Bertz CT molecular complexity index is 1020. The van der Waals surface area contributed by atoms with Crippen LogP contribution >= 0.6 is 24.0 Å². The van der Waals surface area contributed by atoms with Gasteiger partial charge in [0.1, 0.15) is 5.75 Å². The lowest BCUT2D eigenvalue weighted by Crippen LogP contribution is -2.02. The lowest BCUT2D eigenvalue weighted by atomic mass is 10.1. The molecule has 130 valence electrons. The fourth-order valence-corrected chi connectivity index (χ4v) is 3.51. The highest BCUT2D eigenvalue weighted by atomic mass is 35.5. The van der Waals surface area contributed by atoms with Crippen molar-refractivity contribution in [2.24, 2.45) is 0 Å². The highest BCUT2D eigenvalue weighted by Crippen LogP contribution is 2.31. The maximum atomic E-state index is 6.07. The van der Waals surface area contributed by atoms with Crippen molar-refractivity contribution in [1.82, 2.24) is 14.0 Å². The number of aryl methyl sites for hydroxylation is 2. The lowest BCUT2D eigenvalue weighted by molar-refractivity contribution is 0.415. The minimum atomic E-state index is 0. The molecule has 0 aliphatic heterocycles. The first kappa shape index (κ1) is 17.6.